The van der Waals surface area contributed by atoms with E-state index in [4.69, 9.17) is 5.73 Å². The molecular weight excluding hydrogens is 382 g/mol. The van der Waals surface area contributed by atoms with E-state index in [1.807, 2.05) is 0 Å². The highest BCUT2D eigenvalue weighted by Gasteiger charge is 2.43. The van der Waals surface area contributed by atoms with Crippen molar-refractivity contribution in [1.29, 1.82) is 0 Å². The Morgan fingerprint density at radius 2 is 2.10 bits per heavy atom. The summed E-state index contributed by atoms with van der Waals surface area (Å²) in [5, 5.41) is 14.5. The molecule has 1 aromatic heterocycles. The topological polar surface area (TPSA) is 101 Å². The Kier molecular flexibility index (Phi) is 4.20. The molecule has 1 aliphatic heterocycles. The number of amides is 2. The number of halogens is 2. The van der Waals surface area contributed by atoms with E-state index in [-0.39, 0.29) is 23.4 Å². The number of aromatic nitrogens is 2. The molecule has 1 fully saturated rings. The Balaban J connectivity index is 1.72. The van der Waals surface area contributed by atoms with E-state index in [9.17, 15) is 23.5 Å². The summed E-state index contributed by atoms with van der Waals surface area (Å²) in [4.78, 5) is 25.1. The number of aliphatic hydroxyl groups is 1. The summed E-state index contributed by atoms with van der Waals surface area (Å²) < 4.78 is 29.1. The van der Waals surface area contributed by atoms with Gasteiger partial charge in [-0.3, -0.25) is 9.59 Å². The fourth-order valence-corrected chi connectivity index (χ4v) is 3.69. The van der Waals surface area contributed by atoms with Gasteiger partial charge >= 0.3 is 0 Å². The van der Waals surface area contributed by atoms with Crippen molar-refractivity contribution in [2.45, 2.75) is 30.8 Å². The van der Waals surface area contributed by atoms with Crippen molar-refractivity contribution in [1.82, 2.24) is 14.7 Å². The first-order chi connectivity index (χ1) is 13.6. The molecule has 2 heterocycles. The van der Waals surface area contributed by atoms with Gasteiger partial charge in [-0.15, -0.1) is 0 Å². The SMILES string of the molecule is CN1CC[C@@](O)(C#Cc2cccc(-n3nc(C(N)=O)c4c3CC(F)(F)C4)c2)C1=O. The predicted octanol–water partition coefficient (Wildman–Crippen LogP) is 0.650. The highest BCUT2D eigenvalue weighted by atomic mass is 19.3. The number of rotatable bonds is 2. The van der Waals surface area contributed by atoms with E-state index in [0.717, 1.165) is 0 Å². The van der Waals surface area contributed by atoms with Crippen molar-refractivity contribution in [2.24, 2.45) is 5.73 Å². The van der Waals surface area contributed by atoms with Gasteiger partial charge in [0, 0.05) is 37.6 Å². The summed E-state index contributed by atoms with van der Waals surface area (Å²) in [6, 6.07) is 6.55. The van der Waals surface area contributed by atoms with E-state index >= 15 is 0 Å². The summed E-state index contributed by atoms with van der Waals surface area (Å²) in [5.41, 5.74) is 4.70. The Labute approximate surface area is 165 Å². The smallest absolute Gasteiger partial charge is 0.269 e. The molecule has 2 amide bonds. The number of likely N-dealkylation sites (tertiary alicyclic amines) is 1. The first kappa shape index (κ1) is 19.1. The van der Waals surface area contributed by atoms with Gasteiger partial charge in [0.15, 0.2) is 5.69 Å². The van der Waals surface area contributed by atoms with Crippen LogP contribution in [0.2, 0.25) is 0 Å². The van der Waals surface area contributed by atoms with Gasteiger partial charge < -0.3 is 15.7 Å². The maximum Gasteiger partial charge on any atom is 0.269 e. The Hall–Kier alpha value is -3.25. The molecule has 0 unspecified atom stereocenters. The largest absolute Gasteiger partial charge is 0.369 e. The number of nitrogens with two attached hydrogens (primary N) is 1. The van der Waals surface area contributed by atoms with E-state index in [1.165, 1.54) is 9.58 Å². The van der Waals surface area contributed by atoms with Crippen LogP contribution in [0.1, 0.15) is 33.7 Å². The predicted molar refractivity (Wildman–Crippen MR) is 98.5 cm³/mol. The molecule has 0 spiro atoms. The highest BCUT2D eigenvalue weighted by molar-refractivity contribution is 5.93. The lowest BCUT2D eigenvalue weighted by atomic mass is 10.0. The highest BCUT2D eigenvalue weighted by Crippen LogP contribution is 2.37. The molecule has 3 N–H and O–H groups in total. The zero-order valence-corrected chi connectivity index (χ0v) is 15.6. The van der Waals surface area contributed by atoms with Crippen LogP contribution in [0.5, 0.6) is 0 Å². The van der Waals surface area contributed by atoms with Crippen LogP contribution in [-0.4, -0.2) is 56.7 Å². The standard InChI is InChI=1S/C20H18F2N4O3/c1-25-8-7-19(29,18(25)28)6-5-12-3-2-4-13(9-12)26-15-11-20(21,22)10-14(15)16(24-26)17(23)27/h2-4,9,29H,7-8,10-11H2,1H3,(H2,23,27)/t19-/m0/s1. The Morgan fingerprint density at radius 1 is 1.34 bits per heavy atom. The van der Waals surface area contributed by atoms with E-state index in [0.29, 0.717) is 17.8 Å². The number of carbonyl (C=O) groups is 2. The van der Waals surface area contributed by atoms with Gasteiger partial charge in [0.2, 0.25) is 5.60 Å². The Morgan fingerprint density at radius 3 is 2.76 bits per heavy atom. The Bertz CT molecular complexity index is 1100. The molecule has 2 aliphatic rings. The van der Waals surface area contributed by atoms with Crippen LogP contribution in [0.4, 0.5) is 8.78 Å². The minimum absolute atomic E-state index is 0.160. The molecule has 0 radical (unpaired) electrons. The maximum atomic E-state index is 13.9. The van der Waals surface area contributed by atoms with Gasteiger partial charge in [0.1, 0.15) is 0 Å². The summed E-state index contributed by atoms with van der Waals surface area (Å²) in [6.45, 7) is 0.410. The van der Waals surface area contributed by atoms with Gasteiger partial charge in [-0.1, -0.05) is 17.9 Å². The van der Waals surface area contributed by atoms with Crippen LogP contribution in [0, 0.1) is 11.8 Å². The summed E-state index contributed by atoms with van der Waals surface area (Å²) in [5.74, 6) is 1.10. The molecule has 1 atom stereocenters. The third-order valence-corrected chi connectivity index (χ3v) is 5.20. The first-order valence-corrected chi connectivity index (χ1v) is 9.00. The van der Waals surface area contributed by atoms with Crippen LogP contribution in [0.25, 0.3) is 5.69 Å². The van der Waals surface area contributed by atoms with Crippen LogP contribution in [0.3, 0.4) is 0 Å². The number of carbonyl (C=O) groups excluding carboxylic acids is 2. The van der Waals surface area contributed by atoms with Crippen molar-refractivity contribution in [2.75, 3.05) is 13.6 Å². The van der Waals surface area contributed by atoms with E-state index in [1.54, 1.807) is 31.3 Å². The van der Waals surface area contributed by atoms with Crippen molar-refractivity contribution in [3.05, 3.63) is 46.8 Å². The number of benzene rings is 1. The van der Waals surface area contributed by atoms with Gasteiger partial charge in [-0.25, -0.2) is 13.5 Å². The van der Waals surface area contributed by atoms with E-state index < -0.39 is 36.2 Å². The van der Waals surface area contributed by atoms with Crippen LogP contribution in [-0.2, 0) is 17.6 Å². The molecular formula is C20H18F2N4O3. The molecule has 1 aromatic carbocycles. The molecule has 9 heteroatoms. The maximum absolute atomic E-state index is 13.9. The lowest BCUT2D eigenvalue weighted by molar-refractivity contribution is -0.137. The normalized spacial score (nSPS) is 22.3. The van der Waals surface area contributed by atoms with Crippen molar-refractivity contribution < 1.29 is 23.5 Å². The molecule has 29 heavy (non-hydrogen) atoms. The van der Waals surface area contributed by atoms with Crippen LogP contribution in [0.15, 0.2) is 24.3 Å². The van der Waals surface area contributed by atoms with Crippen molar-refractivity contribution >= 4 is 11.8 Å². The fraction of sp³-hybridized carbons (Fsp3) is 0.350. The third kappa shape index (κ3) is 3.25. The average molecular weight is 400 g/mol. The fourth-order valence-electron chi connectivity index (χ4n) is 3.69. The molecule has 7 nitrogen and oxygen atoms in total. The summed E-state index contributed by atoms with van der Waals surface area (Å²) in [7, 11) is 1.59. The molecule has 0 bridgehead atoms. The summed E-state index contributed by atoms with van der Waals surface area (Å²) >= 11 is 0. The van der Waals surface area contributed by atoms with Crippen molar-refractivity contribution in [3.63, 3.8) is 0 Å². The van der Waals surface area contributed by atoms with Crippen LogP contribution >= 0.6 is 0 Å². The quantitative estimate of drug-likeness (QED) is 0.723. The zero-order valence-electron chi connectivity index (χ0n) is 15.6. The lowest BCUT2D eigenvalue weighted by Crippen LogP contribution is -2.37. The molecule has 0 saturated carbocycles. The molecule has 1 saturated heterocycles. The average Bonchev–Trinajstić information content (AvgIpc) is 3.25. The van der Waals surface area contributed by atoms with Gasteiger partial charge in [-0.05, 0) is 18.2 Å². The monoisotopic (exact) mass is 400 g/mol. The second-order valence-electron chi connectivity index (χ2n) is 7.40. The number of hydrogen-bond acceptors (Lipinski definition) is 4. The molecule has 150 valence electrons. The minimum Gasteiger partial charge on any atom is -0.369 e. The zero-order chi connectivity index (χ0) is 21.0. The number of hydrogen-bond donors (Lipinski definition) is 2. The molecule has 2 aromatic rings. The van der Waals surface area contributed by atoms with Crippen LogP contribution < -0.4 is 5.73 Å². The van der Waals surface area contributed by atoms with Gasteiger partial charge in [0.05, 0.1) is 17.8 Å². The number of fused-ring (bicyclic) bond motifs is 1. The second kappa shape index (κ2) is 6.39. The summed E-state index contributed by atoms with van der Waals surface area (Å²) in [6.07, 6.45) is -0.916. The van der Waals surface area contributed by atoms with Gasteiger partial charge in [-0.2, -0.15) is 5.10 Å². The third-order valence-electron chi connectivity index (χ3n) is 5.20. The first-order valence-electron chi connectivity index (χ1n) is 9.00. The van der Waals surface area contributed by atoms with E-state index in [2.05, 4.69) is 16.9 Å². The number of nitrogens with zero attached hydrogens (tertiary/aromatic N) is 3. The lowest BCUT2D eigenvalue weighted by Gasteiger charge is -2.13. The second-order valence-corrected chi connectivity index (χ2v) is 7.40. The number of alkyl halides is 2. The van der Waals surface area contributed by atoms with Crippen molar-refractivity contribution in [3.8, 4) is 17.5 Å². The van der Waals surface area contributed by atoms with Gasteiger partial charge in [0.25, 0.3) is 17.7 Å². The molecule has 1 aliphatic carbocycles. The minimum atomic E-state index is -2.96. The molecule has 4 rings (SSSR count). The number of likely N-dealkylation sites (N-methyl/N-ethyl adjacent to an activating group) is 1. The number of primary amides is 1.